The average Bonchev–Trinajstić information content (AvgIpc) is 3.34. The predicted octanol–water partition coefficient (Wildman–Crippen LogP) is 9.69. The highest BCUT2D eigenvalue weighted by Gasteiger charge is 2.21. The molecule has 0 fully saturated rings. The number of hydrogen-bond donors (Lipinski definition) is 0. The fourth-order valence-electron chi connectivity index (χ4n) is 5.04. The molecule has 188 valence electrons. The van der Waals surface area contributed by atoms with Crippen molar-refractivity contribution in [2.24, 2.45) is 0 Å². The molecule has 2 heterocycles. The zero-order valence-corrected chi connectivity index (χ0v) is 23.0. The number of fused-ring (bicyclic) bond motifs is 4. The Morgan fingerprint density at radius 2 is 1.13 bits per heavy atom. The van der Waals surface area contributed by atoms with Gasteiger partial charge in [0.25, 0.3) is 0 Å². The van der Waals surface area contributed by atoms with Gasteiger partial charge in [-0.05, 0) is 52.2 Å². The Morgan fingerprint density at radius 3 is 1.95 bits per heavy atom. The summed E-state index contributed by atoms with van der Waals surface area (Å²) >= 11 is 1.84. The minimum absolute atomic E-state index is 0.216. The molecule has 0 bridgehead atoms. The lowest BCUT2D eigenvalue weighted by Crippen LogP contribution is -2.18. The van der Waals surface area contributed by atoms with Crippen molar-refractivity contribution >= 4 is 42.3 Å². The third-order valence-electron chi connectivity index (χ3n) is 7.14. The van der Waals surface area contributed by atoms with E-state index < -0.39 is 0 Å². The molecule has 7 rings (SSSR count). The van der Waals surface area contributed by atoms with Crippen LogP contribution in [0.2, 0.25) is 0 Å². The fraction of sp³-hybridized carbons (Fsp3) is 0.114. The zero-order chi connectivity index (χ0) is 26.6. The monoisotopic (exact) mass is 521 g/mol. The molecule has 0 radical (unpaired) electrons. The van der Waals surface area contributed by atoms with Crippen LogP contribution in [0.5, 0.6) is 0 Å². The maximum Gasteiger partial charge on any atom is 0.163 e. The standard InChI is InChI=1S/C35H27N3S/c1-35(2,3)34-37-32(36-33(38-34)27-16-15-22-9-4-5-10-23(22)19-27)26-12-8-11-24(20-26)25-17-18-31-29(21-25)28-13-6-7-14-30(28)39-31/h4-21H,1-3H3. The number of nitrogens with zero attached hydrogens (tertiary/aromatic N) is 3. The average molecular weight is 522 g/mol. The summed E-state index contributed by atoms with van der Waals surface area (Å²) in [5, 5.41) is 4.98. The van der Waals surface area contributed by atoms with Gasteiger partial charge in [-0.2, -0.15) is 0 Å². The van der Waals surface area contributed by atoms with E-state index in [2.05, 4.69) is 130 Å². The van der Waals surface area contributed by atoms with E-state index in [-0.39, 0.29) is 5.41 Å². The minimum atomic E-state index is -0.216. The molecule has 0 atom stereocenters. The highest BCUT2D eigenvalue weighted by molar-refractivity contribution is 7.25. The van der Waals surface area contributed by atoms with Crippen LogP contribution in [0.1, 0.15) is 26.6 Å². The molecule has 0 saturated carbocycles. The van der Waals surface area contributed by atoms with E-state index in [1.54, 1.807) is 0 Å². The lowest BCUT2D eigenvalue weighted by Gasteiger charge is -2.18. The highest BCUT2D eigenvalue weighted by Crippen LogP contribution is 2.37. The summed E-state index contributed by atoms with van der Waals surface area (Å²) in [6, 6.07) is 38.7. The summed E-state index contributed by atoms with van der Waals surface area (Å²) in [6.45, 7) is 6.44. The molecule has 0 amide bonds. The summed E-state index contributed by atoms with van der Waals surface area (Å²) in [5.41, 5.74) is 4.10. The van der Waals surface area contributed by atoms with Crippen molar-refractivity contribution in [3.63, 3.8) is 0 Å². The molecule has 0 aliphatic rings. The quantitative estimate of drug-likeness (QED) is 0.232. The summed E-state index contributed by atoms with van der Waals surface area (Å²) in [7, 11) is 0. The van der Waals surface area contributed by atoms with Crippen LogP contribution in [0, 0.1) is 0 Å². The van der Waals surface area contributed by atoms with Crippen molar-refractivity contribution in [2.75, 3.05) is 0 Å². The Kier molecular flexibility index (Phi) is 5.53. The molecule has 0 aliphatic heterocycles. The Balaban J connectivity index is 1.35. The van der Waals surface area contributed by atoms with Crippen molar-refractivity contribution in [2.45, 2.75) is 26.2 Å². The maximum absolute atomic E-state index is 4.99. The summed E-state index contributed by atoms with van der Waals surface area (Å²) in [6.07, 6.45) is 0. The van der Waals surface area contributed by atoms with Crippen LogP contribution in [0.4, 0.5) is 0 Å². The molecule has 4 heteroatoms. The van der Waals surface area contributed by atoms with Crippen LogP contribution >= 0.6 is 11.3 Å². The van der Waals surface area contributed by atoms with Crippen LogP contribution in [0.25, 0.3) is 64.8 Å². The molecule has 0 aliphatic carbocycles. The lowest BCUT2D eigenvalue weighted by atomic mass is 9.95. The van der Waals surface area contributed by atoms with Gasteiger partial charge in [-0.25, -0.2) is 15.0 Å². The topological polar surface area (TPSA) is 38.7 Å². The van der Waals surface area contributed by atoms with Gasteiger partial charge in [0.2, 0.25) is 0 Å². The first kappa shape index (κ1) is 23.7. The minimum Gasteiger partial charge on any atom is -0.212 e. The van der Waals surface area contributed by atoms with Crippen molar-refractivity contribution < 1.29 is 0 Å². The lowest BCUT2D eigenvalue weighted by molar-refractivity contribution is 0.543. The maximum atomic E-state index is 4.99. The van der Waals surface area contributed by atoms with Gasteiger partial charge in [0.15, 0.2) is 11.6 Å². The molecular weight excluding hydrogens is 494 g/mol. The highest BCUT2D eigenvalue weighted by atomic mass is 32.1. The number of aromatic nitrogens is 3. The van der Waals surface area contributed by atoms with Crippen molar-refractivity contribution in [3.8, 4) is 33.9 Å². The predicted molar refractivity (Wildman–Crippen MR) is 165 cm³/mol. The van der Waals surface area contributed by atoms with E-state index in [4.69, 9.17) is 15.0 Å². The molecule has 2 aromatic heterocycles. The summed E-state index contributed by atoms with van der Waals surface area (Å²) < 4.78 is 2.63. The van der Waals surface area contributed by atoms with E-state index in [0.717, 1.165) is 22.5 Å². The van der Waals surface area contributed by atoms with Crippen molar-refractivity contribution in [1.82, 2.24) is 15.0 Å². The van der Waals surface area contributed by atoms with Gasteiger partial charge in [0.05, 0.1) is 0 Å². The van der Waals surface area contributed by atoms with Gasteiger partial charge in [0.1, 0.15) is 5.82 Å². The molecular formula is C35H27N3S. The third kappa shape index (κ3) is 4.37. The first-order valence-electron chi connectivity index (χ1n) is 13.2. The van der Waals surface area contributed by atoms with E-state index in [1.165, 1.54) is 36.5 Å². The second-order valence-corrected chi connectivity index (χ2v) is 12.1. The van der Waals surface area contributed by atoms with Crippen molar-refractivity contribution in [3.05, 3.63) is 115 Å². The SMILES string of the molecule is CC(C)(C)c1nc(-c2cccc(-c3ccc4sc5ccccc5c4c3)c2)nc(-c2ccc3ccccc3c2)n1. The Morgan fingerprint density at radius 1 is 0.487 bits per heavy atom. The molecule has 0 saturated heterocycles. The number of thiophene rings is 1. The van der Waals surface area contributed by atoms with E-state index in [0.29, 0.717) is 11.6 Å². The number of benzene rings is 5. The molecule has 39 heavy (non-hydrogen) atoms. The van der Waals surface area contributed by atoms with Gasteiger partial charge in [-0.15, -0.1) is 11.3 Å². The largest absolute Gasteiger partial charge is 0.212 e. The second-order valence-electron chi connectivity index (χ2n) is 11.0. The molecule has 3 nitrogen and oxygen atoms in total. The number of hydrogen-bond acceptors (Lipinski definition) is 4. The van der Waals surface area contributed by atoms with Crippen LogP contribution in [0.3, 0.4) is 0 Å². The molecule has 0 unspecified atom stereocenters. The second kappa shape index (κ2) is 9.11. The third-order valence-corrected chi connectivity index (χ3v) is 8.30. The van der Waals surface area contributed by atoms with Gasteiger partial charge in [0, 0.05) is 36.7 Å². The van der Waals surface area contributed by atoms with Crippen LogP contribution < -0.4 is 0 Å². The van der Waals surface area contributed by atoms with E-state index in [1.807, 2.05) is 11.3 Å². The molecule has 0 spiro atoms. The fourth-order valence-corrected chi connectivity index (χ4v) is 6.13. The van der Waals surface area contributed by atoms with Gasteiger partial charge in [-0.3, -0.25) is 0 Å². The number of rotatable bonds is 3. The van der Waals surface area contributed by atoms with Crippen LogP contribution in [0.15, 0.2) is 109 Å². The molecule has 5 aromatic carbocycles. The molecule has 0 N–H and O–H groups in total. The normalized spacial score (nSPS) is 12.0. The zero-order valence-electron chi connectivity index (χ0n) is 22.1. The van der Waals surface area contributed by atoms with Crippen LogP contribution in [-0.2, 0) is 5.41 Å². The summed E-state index contributed by atoms with van der Waals surface area (Å²) in [4.78, 5) is 14.9. The Bertz CT molecular complexity index is 2010. The van der Waals surface area contributed by atoms with Gasteiger partial charge < -0.3 is 0 Å². The van der Waals surface area contributed by atoms with Gasteiger partial charge >= 0.3 is 0 Å². The first-order chi connectivity index (χ1) is 18.9. The van der Waals surface area contributed by atoms with E-state index in [9.17, 15) is 0 Å². The Labute approximate surface area is 231 Å². The first-order valence-corrected chi connectivity index (χ1v) is 14.0. The molecule has 7 aromatic rings. The van der Waals surface area contributed by atoms with Crippen LogP contribution in [-0.4, -0.2) is 15.0 Å². The Hall–Kier alpha value is -4.41. The smallest absolute Gasteiger partial charge is 0.163 e. The summed E-state index contributed by atoms with van der Waals surface area (Å²) in [5.74, 6) is 2.18. The van der Waals surface area contributed by atoms with Crippen molar-refractivity contribution in [1.29, 1.82) is 0 Å². The van der Waals surface area contributed by atoms with E-state index >= 15 is 0 Å². The van der Waals surface area contributed by atoms with Gasteiger partial charge in [-0.1, -0.05) is 99.6 Å².